The molecule has 0 aliphatic carbocycles. The fraction of sp³-hybridized carbons (Fsp3) is 0.278. The molecule has 1 aromatic carbocycles. The number of hydrogen-bond acceptors (Lipinski definition) is 5. The molecule has 7 nitrogen and oxygen atoms in total. The maximum atomic E-state index is 12.4. The molecule has 134 valence electrons. The van der Waals surface area contributed by atoms with Crippen LogP contribution in [0.15, 0.2) is 24.3 Å². The number of fused-ring (bicyclic) bond motifs is 2. The van der Waals surface area contributed by atoms with Gasteiger partial charge in [0.2, 0.25) is 5.91 Å². The second-order valence-electron chi connectivity index (χ2n) is 6.10. The number of amides is 1. The lowest BCUT2D eigenvalue weighted by molar-refractivity contribution is -0.115. The maximum Gasteiger partial charge on any atom is 0.230 e. The number of carbonyl (C=O) groups is 1. The average Bonchev–Trinajstić information content (AvgIpc) is 2.82. The van der Waals surface area contributed by atoms with Crippen molar-refractivity contribution in [2.75, 3.05) is 18.5 Å². The van der Waals surface area contributed by atoms with Crippen LogP contribution in [0, 0.1) is 6.92 Å². The van der Waals surface area contributed by atoms with E-state index in [4.69, 9.17) is 21.1 Å². The highest BCUT2D eigenvalue weighted by Gasteiger charge is 2.17. The van der Waals surface area contributed by atoms with Crippen LogP contribution in [-0.2, 0) is 11.2 Å². The van der Waals surface area contributed by atoms with Crippen LogP contribution in [0.1, 0.15) is 17.7 Å². The summed E-state index contributed by atoms with van der Waals surface area (Å²) in [6.45, 7) is 3.02. The molecule has 3 heterocycles. The van der Waals surface area contributed by atoms with Gasteiger partial charge in [0.25, 0.3) is 0 Å². The van der Waals surface area contributed by atoms with E-state index in [0.717, 1.165) is 23.1 Å². The molecule has 0 unspecified atom stereocenters. The van der Waals surface area contributed by atoms with Crippen LogP contribution in [-0.4, -0.2) is 34.3 Å². The standard InChI is InChI=1S/C18H17ClN4O3/c1-10-3-4-12-17(20-10)22-23-18(12)21-15(24)9-11-7-13(19)16-14(8-11)25-5-2-6-26-16/h3-4,7-8H,2,5-6,9H2,1H3,(H2,20,21,22,23,24). The normalized spacial score (nSPS) is 13.5. The third-order valence-electron chi connectivity index (χ3n) is 4.05. The Bertz CT molecular complexity index is 986. The summed E-state index contributed by atoms with van der Waals surface area (Å²) >= 11 is 6.28. The van der Waals surface area contributed by atoms with E-state index in [1.165, 1.54) is 0 Å². The van der Waals surface area contributed by atoms with Crippen molar-refractivity contribution in [3.63, 3.8) is 0 Å². The summed E-state index contributed by atoms with van der Waals surface area (Å²) in [6, 6.07) is 7.26. The first-order chi connectivity index (χ1) is 12.6. The van der Waals surface area contributed by atoms with Gasteiger partial charge in [-0.1, -0.05) is 11.6 Å². The second kappa shape index (κ2) is 6.84. The first kappa shape index (κ1) is 16.7. The molecule has 1 amide bonds. The molecule has 26 heavy (non-hydrogen) atoms. The minimum atomic E-state index is -0.204. The van der Waals surface area contributed by atoms with E-state index in [1.54, 1.807) is 12.1 Å². The van der Waals surface area contributed by atoms with Crippen LogP contribution in [0.5, 0.6) is 11.5 Å². The van der Waals surface area contributed by atoms with Gasteiger partial charge in [0.15, 0.2) is 23.0 Å². The molecule has 0 spiro atoms. The van der Waals surface area contributed by atoms with Crippen molar-refractivity contribution in [2.24, 2.45) is 0 Å². The fourth-order valence-corrected chi connectivity index (χ4v) is 3.13. The third kappa shape index (κ3) is 3.30. The Morgan fingerprint density at radius 1 is 1.31 bits per heavy atom. The number of aryl methyl sites for hydroxylation is 1. The number of aromatic amines is 1. The highest BCUT2D eigenvalue weighted by molar-refractivity contribution is 6.32. The van der Waals surface area contributed by atoms with Gasteiger partial charge in [0.1, 0.15) is 0 Å². The minimum Gasteiger partial charge on any atom is -0.489 e. The van der Waals surface area contributed by atoms with Crippen molar-refractivity contribution >= 4 is 34.4 Å². The van der Waals surface area contributed by atoms with Crippen LogP contribution in [0.4, 0.5) is 5.82 Å². The molecule has 2 aromatic heterocycles. The van der Waals surface area contributed by atoms with Crippen LogP contribution in [0.25, 0.3) is 11.0 Å². The zero-order chi connectivity index (χ0) is 18.1. The van der Waals surface area contributed by atoms with Gasteiger partial charge in [-0.05, 0) is 36.8 Å². The van der Waals surface area contributed by atoms with Crippen molar-refractivity contribution in [1.29, 1.82) is 0 Å². The third-order valence-corrected chi connectivity index (χ3v) is 4.33. The van der Waals surface area contributed by atoms with E-state index in [-0.39, 0.29) is 12.3 Å². The molecule has 0 saturated carbocycles. The van der Waals surface area contributed by atoms with Gasteiger partial charge in [0, 0.05) is 12.1 Å². The van der Waals surface area contributed by atoms with E-state index in [2.05, 4.69) is 20.5 Å². The van der Waals surface area contributed by atoms with Crippen LogP contribution in [0.2, 0.25) is 5.02 Å². The van der Waals surface area contributed by atoms with Crippen molar-refractivity contribution < 1.29 is 14.3 Å². The van der Waals surface area contributed by atoms with Crippen molar-refractivity contribution in [2.45, 2.75) is 19.8 Å². The monoisotopic (exact) mass is 372 g/mol. The highest BCUT2D eigenvalue weighted by atomic mass is 35.5. The summed E-state index contributed by atoms with van der Waals surface area (Å²) in [4.78, 5) is 16.8. The zero-order valence-corrected chi connectivity index (χ0v) is 14.9. The predicted molar refractivity (Wildman–Crippen MR) is 98.0 cm³/mol. The Hall–Kier alpha value is -2.80. The molecule has 0 fully saturated rings. The van der Waals surface area contributed by atoms with Crippen LogP contribution >= 0.6 is 11.6 Å². The molecule has 2 N–H and O–H groups in total. The molecule has 3 aromatic rings. The van der Waals surface area contributed by atoms with Crippen LogP contribution in [0.3, 0.4) is 0 Å². The molecular weight excluding hydrogens is 356 g/mol. The molecule has 1 aliphatic heterocycles. The summed E-state index contributed by atoms with van der Waals surface area (Å²) in [6.07, 6.45) is 0.935. The Balaban J connectivity index is 1.53. The quantitative estimate of drug-likeness (QED) is 0.736. The average molecular weight is 373 g/mol. The van der Waals surface area contributed by atoms with Crippen molar-refractivity contribution in [3.8, 4) is 11.5 Å². The van der Waals surface area contributed by atoms with E-state index < -0.39 is 0 Å². The number of aromatic nitrogens is 3. The largest absolute Gasteiger partial charge is 0.489 e. The summed E-state index contributed by atoms with van der Waals surface area (Å²) in [7, 11) is 0. The smallest absolute Gasteiger partial charge is 0.230 e. The first-order valence-electron chi connectivity index (χ1n) is 8.30. The number of H-pyrrole nitrogens is 1. The number of nitrogens with one attached hydrogen (secondary N) is 2. The zero-order valence-electron chi connectivity index (χ0n) is 14.1. The lowest BCUT2D eigenvalue weighted by Gasteiger charge is -2.11. The van der Waals surface area contributed by atoms with Gasteiger partial charge in [-0.3, -0.25) is 9.89 Å². The minimum absolute atomic E-state index is 0.143. The lowest BCUT2D eigenvalue weighted by atomic mass is 10.1. The fourth-order valence-electron chi connectivity index (χ4n) is 2.85. The number of pyridine rings is 1. The van der Waals surface area contributed by atoms with Gasteiger partial charge in [0.05, 0.1) is 30.0 Å². The number of benzene rings is 1. The SMILES string of the molecule is Cc1ccc2c(NC(=O)Cc3cc(Cl)c4c(c3)OCCCO4)n[nH]c2n1. The van der Waals surface area contributed by atoms with Crippen molar-refractivity contribution in [3.05, 3.63) is 40.5 Å². The van der Waals surface area contributed by atoms with Gasteiger partial charge < -0.3 is 14.8 Å². The number of nitrogens with zero attached hydrogens (tertiary/aromatic N) is 2. The Morgan fingerprint density at radius 2 is 2.15 bits per heavy atom. The molecule has 0 radical (unpaired) electrons. The number of ether oxygens (including phenoxy) is 2. The molecular formula is C18H17ClN4O3. The van der Waals surface area contributed by atoms with Gasteiger partial charge in [-0.2, -0.15) is 5.10 Å². The Kier molecular flexibility index (Phi) is 4.38. The maximum absolute atomic E-state index is 12.4. The van der Waals surface area contributed by atoms with Crippen molar-refractivity contribution in [1.82, 2.24) is 15.2 Å². The molecule has 8 heteroatoms. The molecule has 0 bridgehead atoms. The second-order valence-corrected chi connectivity index (χ2v) is 6.51. The summed E-state index contributed by atoms with van der Waals surface area (Å²) in [5.41, 5.74) is 2.25. The van der Waals surface area contributed by atoms with E-state index >= 15 is 0 Å². The summed E-state index contributed by atoms with van der Waals surface area (Å²) in [5.74, 6) is 1.36. The number of anilines is 1. The van der Waals surface area contributed by atoms with E-state index in [0.29, 0.717) is 41.2 Å². The van der Waals surface area contributed by atoms with Gasteiger partial charge >= 0.3 is 0 Å². The molecule has 4 rings (SSSR count). The number of halogens is 1. The predicted octanol–water partition coefficient (Wildman–Crippen LogP) is 3.26. The Labute approximate surface area is 154 Å². The Morgan fingerprint density at radius 3 is 3.04 bits per heavy atom. The number of carbonyl (C=O) groups excluding carboxylic acids is 1. The van der Waals surface area contributed by atoms with E-state index in [1.807, 2.05) is 19.1 Å². The number of hydrogen-bond donors (Lipinski definition) is 2. The summed E-state index contributed by atoms with van der Waals surface area (Å²) in [5, 5.41) is 11.0. The highest BCUT2D eigenvalue weighted by Crippen LogP contribution is 2.38. The first-order valence-corrected chi connectivity index (χ1v) is 8.67. The molecule has 1 aliphatic rings. The van der Waals surface area contributed by atoms with Gasteiger partial charge in [-0.15, -0.1) is 0 Å². The summed E-state index contributed by atoms with van der Waals surface area (Å²) < 4.78 is 11.3. The number of rotatable bonds is 3. The molecule has 0 saturated heterocycles. The van der Waals surface area contributed by atoms with Gasteiger partial charge in [-0.25, -0.2) is 4.98 Å². The van der Waals surface area contributed by atoms with E-state index in [9.17, 15) is 4.79 Å². The molecule has 0 atom stereocenters. The van der Waals surface area contributed by atoms with Crippen LogP contribution < -0.4 is 14.8 Å². The lowest BCUT2D eigenvalue weighted by Crippen LogP contribution is -2.15. The topological polar surface area (TPSA) is 89.1 Å².